The largest absolute Gasteiger partial charge is 0.489 e. The van der Waals surface area contributed by atoms with Crippen molar-refractivity contribution in [1.29, 1.82) is 0 Å². The van der Waals surface area contributed by atoms with Crippen LogP contribution in [0, 0.1) is 5.92 Å². The number of ether oxygens (including phenoxy) is 1. The molecule has 0 unspecified atom stereocenters. The zero-order chi connectivity index (χ0) is 19.9. The summed E-state index contributed by atoms with van der Waals surface area (Å²) in [4.78, 5) is 14.5. The average Bonchev–Trinajstić information content (AvgIpc) is 3.56. The Morgan fingerprint density at radius 3 is 2.69 bits per heavy atom. The van der Waals surface area contributed by atoms with Gasteiger partial charge in [-0.1, -0.05) is 42.5 Å². The molecule has 2 fully saturated rings. The van der Waals surface area contributed by atoms with Crippen LogP contribution in [0.5, 0.6) is 5.75 Å². The molecule has 2 aromatic carbocycles. The second kappa shape index (κ2) is 9.93. The fourth-order valence-corrected chi connectivity index (χ4v) is 4.13. The number of rotatable bonds is 9. The van der Waals surface area contributed by atoms with Gasteiger partial charge >= 0.3 is 0 Å². The van der Waals surface area contributed by atoms with E-state index in [9.17, 15) is 4.79 Å². The number of nitrogens with zero attached hydrogens (tertiary/aromatic N) is 1. The Morgan fingerprint density at radius 2 is 1.86 bits per heavy atom. The van der Waals surface area contributed by atoms with Crippen LogP contribution in [0.15, 0.2) is 54.6 Å². The number of hydrogen-bond donors (Lipinski definition) is 1. The standard InChI is InChI=1S/C25H32N2O2/c28-25(26-23-12-13-23)14-11-20-9-5-15-27(17-20)18-22-8-4-10-24(16-22)29-19-21-6-2-1-3-7-21/h1-4,6-8,10,16,20,23H,5,9,11-15,17-19H2,(H,26,28)/t20-/m0/s1. The van der Waals surface area contributed by atoms with Gasteiger partial charge < -0.3 is 10.1 Å². The maximum Gasteiger partial charge on any atom is 0.220 e. The normalized spacial score (nSPS) is 19.7. The number of piperidine rings is 1. The molecule has 1 saturated heterocycles. The Morgan fingerprint density at radius 1 is 1.03 bits per heavy atom. The van der Waals surface area contributed by atoms with Crippen molar-refractivity contribution >= 4 is 5.91 Å². The molecule has 2 aromatic rings. The van der Waals surface area contributed by atoms with Gasteiger partial charge in [-0.2, -0.15) is 0 Å². The summed E-state index contributed by atoms with van der Waals surface area (Å²) in [5, 5.41) is 3.11. The van der Waals surface area contributed by atoms with Crippen LogP contribution in [-0.2, 0) is 17.9 Å². The van der Waals surface area contributed by atoms with Crippen LogP contribution in [0.3, 0.4) is 0 Å². The molecule has 154 valence electrons. The third kappa shape index (κ3) is 6.60. The first-order valence-corrected chi connectivity index (χ1v) is 11.0. The summed E-state index contributed by atoms with van der Waals surface area (Å²) < 4.78 is 5.98. The highest BCUT2D eigenvalue weighted by atomic mass is 16.5. The summed E-state index contributed by atoms with van der Waals surface area (Å²) in [6.07, 6.45) is 6.48. The maximum atomic E-state index is 12.0. The predicted octanol–water partition coefficient (Wildman–Crippen LogP) is 4.54. The summed E-state index contributed by atoms with van der Waals surface area (Å²) in [7, 11) is 0. The fourth-order valence-electron chi connectivity index (χ4n) is 4.13. The van der Waals surface area contributed by atoms with Crippen molar-refractivity contribution in [2.75, 3.05) is 13.1 Å². The predicted molar refractivity (Wildman–Crippen MR) is 116 cm³/mol. The second-order valence-electron chi connectivity index (χ2n) is 8.55. The average molecular weight is 393 g/mol. The smallest absolute Gasteiger partial charge is 0.220 e. The van der Waals surface area contributed by atoms with Crippen LogP contribution in [-0.4, -0.2) is 29.9 Å². The first-order chi connectivity index (χ1) is 14.2. The van der Waals surface area contributed by atoms with E-state index >= 15 is 0 Å². The summed E-state index contributed by atoms with van der Waals surface area (Å²) in [6, 6.07) is 19.2. The molecular weight excluding hydrogens is 360 g/mol. The lowest BCUT2D eigenvalue weighted by atomic mass is 9.93. The number of benzene rings is 2. The van der Waals surface area contributed by atoms with Crippen LogP contribution in [0.25, 0.3) is 0 Å². The molecule has 1 aliphatic carbocycles. The lowest BCUT2D eigenvalue weighted by Gasteiger charge is -2.32. The van der Waals surface area contributed by atoms with Gasteiger partial charge in [-0.3, -0.25) is 9.69 Å². The number of amides is 1. The molecular formula is C25H32N2O2. The van der Waals surface area contributed by atoms with Crippen molar-refractivity contribution in [3.05, 3.63) is 65.7 Å². The second-order valence-corrected chi connectivity index (χ2v) is 8.55. The molecule has 2 aliphatic rings. The van der Waals surface area contributed by atoms with E-state index in [0.29, 0.717) is 25.0 Å². The van der Waals surface area contributed by atoms with Gasteiger partial charge in [0.05, 0.1) is 0 Å². The van der Waals surface area contributed by atoms with Crippen molar-refractivity contribution in [1.82, 2.24) is 10.2 Å². The summed E-state index contributed by atoms with van der Waals surface area (Å²) in [5.41, 5.74) is 2.48. The van der Waals surface area contributed by atoms with Gasteiger partial charge in [0.2, 0.25) is 5.91 Å². The molecule has 4 heteroatoms. The van der Waals surface area contributed by atoms with Crippen LogP contribution in [0.2, 0.25) is 0 Å². The minimum atomic E-state index is 0.243. The molecule has 1 aliphatic heterocycles. The molecule has 4 nitrogen and oxygen atoms in total. The minimum Gasteiger partial charge on any atom is -0.489 e. The molecule has 29 heavy (non-hydrogen) atoms. The van der Waals surface area contributed by atoms with Crippen molar-refractivity contribution < 1.29 is 9.53 Å². The van der Waals surface area contributed by atoms with Crippen molar-refractivity contribution in [2.24, 2.45) is 5.92 Å². The van der Waals surface area contributed by atoms with Crippen molar-refractivity contribution in [2.45, 2.75) is 57.7 Å². The van der Waals surface area contributed by atoms with Crippen LogP contribution in [0.4, 0.5) is 0 Å². The summed E-state index contributed by atoms with van der Waals surface area (Å²) >= 11 is 0. The van der Waals surface area contributed by atoms with E-state index in [1.807, 2.05) is 24.3 Å². The number of likely N-dealkylation sites (tertiary alicyclic amines) is 1. The highest BCUT2D eigenvalue weighted by Crippen LogP contribution is 2.24. The Hall–Kier alpha value is -2.33. The number of nitrogens with one attached hydrogen (secondary N) is 1. The zero-order valence-electron chi connectivity index (χ0n) is 17.2. The van der Waals surface area contributed by atoms with E-state index in [1.165, 1.54) is 24.0 Å². The first-order valence-electron chi connectivity index (χ1n) is 11.0. The molecule has 0 aromatic heterocycles. The van der Waals surface area contributed by atoms with E-state index in [2.05, 4.69) is 40.5 Å². The summed E-state index contributed by atoms with van der Waals surface area (Å²) in [6.45, 7) is 3.78. The van der Waals surface area contributed by atoms with Gasteiger partial charge in [-0.15, -0.1) is 0 Å². The fraction of sp³-hybridized carbons (Fsp3) is 0.480. The Kier molecular flexibility index (Phi) is 6.83. The van der Waals surface area contributed by atoms with E-state index < -0.39 is 0 Å². The maximum absolute atomic E-state index is 12.0. The van der Waals surface area contributed by atoms with Gasteiger partial charge in [0, 0.05) is 25.6 Å². The van der Waals surface area contributed by atoms with Crippen molar-refractivity contribution in [3.63, 3.8) is 0 Å². The van der Waals surface area contributed by atoms with E-state index in [-0.39, 0.29) is 5.91 Å². The van der Waals surface area contributed by atoms with Crippen molar-refractivity contribution in [3.8, 4) is 5.75 Å². The highest BCUT2D eigenvalue weighted by Gasteiger charge is 2.25. The van der Waals surface area contributed by atoms with Gasteiger partial charge in [0.1, 0.15) is 12.4 Å². The van der Waals surface area contributed by atoms with Gasteiger partial charge in [-0.05, 0) is 67.8 Å². The molecule has 1 N–H and O–H groups in total. The number of carbonyl (C=O) groups excluding carboxylic acids is 1. The number of carbonyl (C=O) groups is 1. The molecule has 1 amide bonds. The highest BCUT2D eigenvalue weighted by molar-refractivity contribution is 5.76. The van der Waals surface area contributed by atoms with Gasteiger partial charge in [0.25, 0.3) is 0 Å². The van der Waals surface area contributed by atoms with Crippen LogP contribution >= 0.6 is 0 Å². The monoisotopic (exact) mass is 392 g/mol. The van der Waals surface area contributed by atoms with Gasteiger partial charge in [-0.25, -0.2) is 0 Å². The lowest BCUT2D eigenvalue weighted by Crippen LogP contribution is -2.35. The lowest BCUT2D eigenvalue weighted by molar-refractivity contribution is -0.121. The zero-order valence-corrected chi connectivity index (χ0v) is 17.2. The van der Waals surface area contributed by atoms with E-state index in [4.69, 9.17) is 4.74 Å². The first kappa shape index (κ1) is 20.0. The molecule has 0 bridgehead atoms. The Bertz CT molecular complexity index is 788. The van der Waals surface area contributed by atoms with Crippen LogP contribution < -0.4 is 10.1 Å². The Balaban J connectivity index is 1.24. The van der Waals surface area contributed by atoms with Crippen LogP contribution in [0.1, 0.15) is 49.7 Å². The summed E-state index contributed by atoms with van der Waals surface area (Å²) in [5.74, 6) is 1.80. The Labute approximate surface area is 174 Å². The van der Waals surface area contributed by atoms with Gasteiger partial charge in [0.15, 0.2) is 0 Å². The molecule has 4 rings (SSSR count). The molecule has 1 atom stereocenters. The molecule has 1 saturated carbocycles. The topological polar surface area (TPSA) is 41.6 Å². The van der Waals surface area contributed by atoms with E-state index in [1.54, 1.807) is 0 Å². The minimum absolute atomic E-state index is 0.243. The SMILES string of the molecule is O=C(CC[C@@H]1CCCN(Cc2cccc(OCc3ccccc3)c2)C1)NC1CC1. The molecule has 0 radical (unpaired) electrons. The third-order valence-corrected chi connectivity index (χ3v) is 5.88. The molecule has 1 heterocycles. The molecule has 0 spiro atoms. The number of hydrogen-bond acceptors (Lipinski definition) is 3. The van der Waals surface area contributed by atoms with E-state index in [0.717, 1.165) is 44.6 Å². The quantitative estimate of drug-likeness (QED) is 0.681. The third-order valence-electron chi connectivity index (χ3n) is 5.88.